The third-order valence-corrected chi connectivity index (χ3v) is 6.35. The molecule has 5 rings (SSSR count). The Labute approximate surface area is 212 Å². The first kappa shape index (κ1) is 24.4. The minimum absolute atomic E-state index is 0.0432. The first-order valence-corrected chi connectivity index (χ1v) is 12.2. The van der Waals surface area contributed by atoms with Gasteiger partial charge in [-0.15, -0.1) is 10.2 Å². The van der Waals surface area contributed by atoms with Gasteiger partial charge in [-0.3, -0.25) is 9.59 Å². The summed E-state index contributed by atoms with van der Waals surface area (Å²) in [4.78, 5) is 29.8. The van der Waals surface area contributed by atoms with Gasteiger partial charge in [0.05, 0.1) is 6.26 Å². The highest BCUT2D eigenvalue weighted by Gasteiger charge is 2.35. The van der Waals surface area contributed by atoms with Gasteiger partial charge in [0, 0.05) is 12.6 Å². The van der Waals surface area contributed by atoms with Crippen LogP contribution in [-0.4, -0.2) is 43.0 Å². The summed E-state index contributed by atoms with van der Waals surface area (Å²) in [6.45, 7) is 1.57. The molecule has 0 aliphatic heterocycles. The second-order valence-electron chi connectivity index (χ2n) is 9.11. The molecular weight excluding hydrogens is 479 g/mol. The number of hydrogen-bond acceptors (Lipinski definition) is 7. The molecule has 1 saturated carbocycles. The van der Waals surface area contributed by atoms with Crippen LogP contribution in [0.15, 0.2) is 63.6 Å². The van der Waals surface area contributed by atoms with E-state index < -0.39 is 17.8 Å². The van der Waals surface area contributed by atoms with Gasteiger partial charge < -0.3 is 19.1 Å². The highest BCUT2D eigenvalue weighted by Crippen LogP contribution is 2.27. The van der Waals surface area contributed by atoms with Crippen molar-refractivity contribution in [3.63, 3.8) is 0 Å². The van der Waals surface area contributed by atoms with E-state index in [4.69, 9.17) is 8.83 Å². The van der Waals surface area contributed by atoms with Crippen LogP contribution in [0.1, 0.15) is 48.8 Å². The van der Waals surface area contributed by atoms with Crippen molar-refractivity contribution >= 4 is 11.8 Å². The molecule has 37 heavy (non-hydrogen) atoms. The molecule has 1 aliphatic carbocycles. The quantitative estimate of drug-likeness (QED) is 0.367. The Morgan fingerprint density at radius 1 is 1.16 bits per heavy atom. The molecule has 11 heteroatoms. The van der Waals surface area contributed by atoms with Crippen molar-refractivity contribution in [2.75, 3.05) is 0 Å². The zero-order valence-electron chi connectivity index (χ0n) is 20.3. The topological polar surface area (TPSA) is 119 Å². The lowest BCUT2D eigenvalue weighted by atomic mass is 10.1. The van der Waals surface area contributed by atoms with Crippen molar-refractivity contribution < 1.29 is 22.8 Å². The fourth-order valence-electron chi connectivity index (χ4n) is 4.51. The number of rotatable bonds is 9. The van der Waals surface area contributed by atoms with Gasteiger partial charge in [0.15, 0.2) is 11.8 Å². The average molecular weight is 507 g/mol. The number of nitrogens with zero attached hydrogens (tertiary/aromatic N) is 5. The van der Waals surface area contributed by atoms with Gasteiger partial charge in [-0.2, -0.15) is 4.80 Å². The lowest BCUT2D eigenvalue weighted by Crippen LogP contribution is -2.46. The number of amides is 2. The molecule has 1 N–H and O–H groups in total. The van der Waals surface area contributed by atoms with E-state index in [2.05, 4.69) is 20.7 Å². The molecule has 2 amide bonds. The first-order valence-electron chi connectivity index (χ1n) is 12.2. The van der Waals surface area contributed by atoms with E-state index in [0.29, 0.717) is 22.8 Å². The molecule has 1 atom stereocenters. The van der Waals surface area contributed by atoms with Crippen molar-refractivity contribution in [2.24, 2.45) is 0 Å². The number of nitrogens with one attached hydrogen (secondary N) is 1. The van der Waals surface area contributed by atoms with Crippen molar-refractivity contribution in [2.45, 2.75) is 57.8 Å². The molecule has 0 saturated heterocycles. The van der Waals surface area contributed by atoms with Gasteiger partial charge in [0.2, 0.25) is 11.7 Å². The maximum Gasteiger partial charge on any atom is 0.250 e. The van der Waals surface area contributed by atoms with E-state index in [9.17, 15) is 14.0 Å². The fourth-order valence-corrected chi connectivity index (χ4v) is 4.51. The number of tetrazole rings is 1. The summed E-state index contributed by atoms with van der Waals surface area (Å²) >= 11 is 0. The minimum atomic E-state index is -1.04. The van der Waals surface area contributed by atoms with Gasteiger partial charge in [-0.05, 0) is 66.9 Å². The first-order chi connectivity index (χ1) is 18.0. The second kappa shape index (κ2) is 10.8. The highest BCUT2D eigenvalue weighted by molar-refractivity contribution is 5.88. The number of carbonyl (C=O) groups excluding carboxylic acids is 2. The Kier molecular flexibility index (Phi) is 7.11. The van der Waals surface area contributed by atoms with Crippen LogP contribution in [-0.2, 0) is 22.7 Å². The standard InChI is InChI=1S/C26H27FN6O4/c1-17-8-13-22(37-17)25-29-31-33(30-25)16-23(34)32(15-18-9-11-19(27)12-10-18)24(21-7-4-14-36-21)26(35)28-20-5-2-3-6-20/h4,7-14,20,24H,2-3,5-6,15-16H2,1H3,(H,28,35). The predicted octanol–water partition coefficient (Wildman–Crippen LogP) is 3.80. The number of aryl methyl sites for hydroxylation is 1. The third-order valence-electron chi connectivity index (χ3n) is 6.35. The Hall–Kier alpha value is -4.28. The van der Waals surface area contributed by atoms with E-state index in [1.807, 2.05) is 0 Å². The SMILES string of the molecule is Cc1ccc(-c2nnn(CC(=O)N(Cc3ccc(F)cc3)C(C(=O)NC3CCCC3)c3ccco3)n2)o1. The molecule has 1 aromatic carbocycles. The number of carbonyl (C=O) groups is 2. The maximum atomic E-state index is 13.7. The van der Waals surface area contributed by atoms with E-state index in [0.717, 1.165) is 30.5 Å². The van der Waals surface area contributed by atoms with Crippen LogP contribution < -0.4 is 5.32 Å². The van der Waals surface area contributed by atoms with E-state index in [1.54, 1.807) is 43.3 Å². The van der Waals surface area contributed by atoms with Crippen LogP contribution in [0.5, 0.6) is 0 Å². The van der Waals surface area contributed by atoms with Crippen molar-refractivity contribution in [1.82, 2.24) is 30.4 Å². The predicted molar refractivity (Wildman–Crippen MR) is 129 cm³/mol. The van der Waals surface area contributed by atoms with Gasteiger partial charge in [-0.1, -0.05) is 25.0 Å². The second-order valence-corrected chi connectivity index (χ2v) is 9.11. The normalized spacial score (nSPS) is 14.5. The van der Waals surface area contributed by atoms with E-state index >= 15 is 0 Å². The summed E-state index contributed by atoms with van der Waals surface area (Å²) in [6.07, 6.45) is 5.33. The molecule has 0 spiro atoms. The van der Waals surface area contributed by atoms with Crippen LogP contribution in [0.4, 0.5) is 4.39 Å². The summed E-state index contributed by atoms with van der Waals surface area (Å²) in [6, 6.07) is 11.6. The van der Waals surface area contributed by atoms with Crippen molar-refractivity contribution in [1.29, 1.82) is 0 Å². The van der Waals surface area contributed by atoms with Gasteiger partial charge in [0.25, 0.3) is 5.91 Å². The molecule has 192 valence electrons. The molecule has 1 unspecified atom stereocenters. The monoisotopic (exact) mass is 506 g/mol. The Bertz CT molecular complexity index is 1340. The Balaban J connectivity index is 1.43. The zero-order chi connectivity index (χ0) is 25.8. The lowest BCUT2D eigenvalue weighted by Gasteiger charge is -2.30. The third kappa shape index (κ3) is 5.76. The molecule has 0 bridgehead atoms. The Morgan fingerprint density at radius 3 is 2.62 bits per heavy atom. The zero-order valence-corrected chi connectivity index (χ0v) is 20.3. The summed E-state index contributed by atoms with van der Waals surface area (Å²) in [5, 5.41) is 15.3. The lowest BCUT2D eigenvalue weighted by molar-refractivity contribution is -0.143. The molecule has 1 fully saturated rings. The highest BCUT2D eigenvalue weighted by atomic mass is 19.1. The molecule has 4 aromatic rings. The van der Waals surface area contributed by atoms with Crippen LogP contribution >= 0.6 is 0 Å². The van der Waals surface area contributed by atoms with Crippen LogP contribution in [0.2, 0.25) is 0 Å². The largest absolute Gasteiger partial charge is 0.467 e. The minimum Gasteiger partial charge on any atom is -0.467 e. The number of furan rings is 2. The maximum absolute atomic E-state index is 13.7. The molecule has 3 aromatic heterocycles. The van der Waals surface area contributed by atoms with Crippen LogP contribution in [0.25, 0.3) is 11.6 Å². The van der Waals surface area contributed by atoms with Gasteiger partial charge >= 0.3 is 0 Å². The van der Waals surface area contributed by atoms with Crippen molar-refractivity contribution in [3.8, 4) is 11.6 Å². The van der Waals surface area contributed by atoms with Gasteiger partial charge in [-0.25, -0.2) is 4.39 Å². The fraction of sp³-hybridized carbons (Fsp3) is 0.346. The molecule has 10 nitrogen and oxygen atoms in total. The Morgan fingerprint density at radius 2 is 1.95 bits per heavy atom. The summed E-state index contributed by atoms with van der Waals surface area (Å²) in [5.74, 6) is 0.529. The van der Waals surface area contributed by atoms with Gasteiger partial charge in [0.1, 0.15) is 23.9 Å². The number of halogens is 1. The number of aromatic nitrogens is 4. The number of benzene rings is 1. The van der Waals surface area contributed by atoms with E-state index in [-0.39, 0.29) is 30.9 Å². The summed E-state index contributed by atoms with van der Waals surface area (Å²) in [7, 11) is 0. The molecule has 3 heterocycles. The summed E-state index contributed by atoms with van der Waals surface area (Å²) in [5.41, 5.74) is 0.651. The van der Waals surface area contributed by atoms with Crippen molar-refractivity contribution in [3.05, 3.63) is 77.7 Å². The number of hydrogen-bond donors (Lipinski definition) is 1. The molecule has 1 aliphatic rings. The summed E-state index contributed by atoms with van der Waals surface area (Å²) < 4.78 is 24.7. The molecule has 0 radical (unpaired) electrons. The molecular formula is C26H27FN6O4. The van der Waals surface area contributed by atoms with E-state index in [1.165, 1.54) is 23.3 Å². The van der Waals surface area contributed by atoms with Crippen LogP contribution in [0.3, 0.4) is 0 Å². The van der Waals surface area contributed by atoms with Crippen LogP contribution in [0, 0.1) is 12.7 Å². The average Bonchev–Trinajstić information content (AvgIpc) is 3.69. The smallest absolute Gasteiger partial charge is 0.250 e.